The molecule has 14 heavy (non-hydrogen) atoms. The highest BCUT2D eigenvalue weighted by Gasteiger charge is 2.47. The Morgan fingerprint density at radius 1 is 1.64 bits per heavy atom. The second-order valence-corrected chi connectivity index (χ2v) is 6.12. The predicted octanol–water partition coefficient (Wildman–Crippen LogP) is 1.29. The van der Waals surface area contributed by atoms with Crippen LogP contribution in [-0.4, -0.2) is 40.0 Å². The van der Waals surface area contributed by atoms with Gasteiger partial charge in [-0.2, -0.15) is 11.8 Å². The first-order valence-electron chi connectivity index (χ1n) is 5.26. The van der Waals surface area contributed by atoms with Crippen LogP contribution in [0.2, 0.25) is 0 Å². The lowest BCUT2D eigenvalue weighted by molar-refractivity contribution is 0.185. The van der Waals surface area contributed by atoms with Crippen molar-refractivity contribution < 1.29 is 0 Å². The number of nitrogens with zero attached hydrogens (tertiary/aromatic N) is 2. The van der Waals surface area contributed by atoms with Crippen LogP contribution < -0.4 is 5.73 Å². The molecule has 1 fully saturated rings. The molecule has 0 bridgehead atoms. The minimum atomic E-state index is 0.238. The third-order valence-electron chi connectivity index (χ3n) is 3.11. The van der Waals surface area contributed by atoms with E-state index in [1.165, 1.54) is 12.2 Å². The van der Waals surface area contributed by atoms with E-state index in [4.69, 9.17) is 5.73 Å². The van der Waals surface area contributed by atoms with Crippen LogP contribution in [0, 0.1) is 0 Å². The van der Waals surface area contributed by atoms with Crippen molar-refractivity contribution in [3.8, 4) is 0 Å². The standard InChI is InChI=1S/C10H19N3S/c1-7(2)13-9(11)12-5-10(13)4-8(3)14-6-10/h7-8H,4-6H2,1-3H3,(H2,11,12). The normalized spacial score (nSPS) is 37.3. The van der Waals surface area contributed by atoms with Gasteiger partial charge in [-0.05, 0) is 20.3 Å². The molecule has 0 aliphatic carbocycles. The molecule has 80 valence electrons. The van der Waals surface area contributed by atoms with Gasteiger partial charge in [0.15, 0.2) is 5.96 Å². The van der Waals surface area contributed by atoms with Gasteiger partial charge in [-0.15, -0.1) is 0 Å². The molecule has 0 aromatic rings. The maximum Gasteiger partial charge on any atom is 0.192 e. The largest absolute Gasteiger partial charge is 0.370 e. The Kier molecular flexibility index (Phi) is 2.41. The number of thioether (sulfide) groups is 1. The lowest BCUT2D eigenvalue weighted by Crippen LogP contribution is -2.55. The van der Waals surface area contributed by atoms with E-state index in [1.807, 2.05) is 11.8 Å². The van der Waals surface area contributed by atoms with Crippen molar-refractivity contribution in [1.82, 2.24) is 4.90 Å². The molecule has 2 N–H and O–H groups in total. The molecule has 3 nitrogen and oxygen atoms in total. The van der Waals surface area contributed by atoms with Gasteiger partial charge in [-0.25, -0.2) is 0 Å². The average molecular weight is 213 g/mol. The third kappa shape index (κ3) is 1.40. The number of guanidine groups is 1. The summed E-state index contributed by atoms with van der Waals surface area (Å²) in [6, 6.07) is 0.465. The number of nitrogens with two attached hydrogens (primary N) is 1. The molecule has 2 aliphatic rings. The summed E-state index contributed by atoms with van der Waals surface area (Å²) in [5.41, 5.74) is 6.18. The Hall–Kier alpha value is -0.380. The summed E-state index contributed by atoms with van der Waals surface area (Å²) in [5.74, 6) is 1.92. The van der Waals surface area contributed by atoms with Crippen molar-refractivity contribution in [2.45, 2.75) is 44.0 Å². The molecule has 0 aromatic carbocycles. The summed E-state index contributed by atoms with van der Waals surface area (Å²) in [7, 11) is 0. The lowest BCUT2D eigenvalue weighted by Gasteiger charge is -2.38. The predicted molar refractivity (Wildman–Crippen MR) is 62.7 cm³/mol. The van der Waals surface area contributed by atoms with Crippen molar-refractivity contribution in [2.75, 3.05) is 12.3 Å². The third-order valence-corrected chi connectivity index (χ3v) is 4.55. The maximum absolute atomic E-state index is 5.95. The minimum absolute atomic E-state index is 0.238. The van der Waals surface area contributed by atoms with Crippen LogP contribution in [0.1, 0.15) is 27.2 Å². The lowest BCUT2D eigenvalue weighted by atomic mass is 9.94. The van der Waals surface area contributed by atoms with Crippen LogP contribution in [0.3, 0.4) is 0 Å². The Balaban J connectivity index is 2.21. The molecule has 2 atom stereocenters. The molecule has 4 heteroatoms. The molecule has 1 spiro atoms. The zero-order valence-electron chi connectivity index (χ0n) is 9.16. The SMILES string of the molecule is CC1CC2(CN=C(N)N2C(C)C)CS1. The van der Waals surface area contributed by atoms with Crippen LogP contribution in [-0.2, 0) is 0 Å². The number of hydrogen-bond donors (Lipinski definition) is 1. The number of rotatable bonds is 1. The first kappa shape index (κ1) is 10.1. The van der Waals surface area contributed by atoms with Crippen molar-refractivity contribution in [3.63, 3.8) is 0 Å². The first-order chi connectivity index (χ1) is 6.55. The van der Waals surface area contributed by atoms with E-state index < -0.39 is 0 Å². The zero-order valence-corrected chi connectivity index (χ0v) is 9.97. The van der Waals surface area contributed by atoms with Gasteiger partial charge >= 0.3 is 0 Å². The van der Waals surface area contributed by atoms with E-state index in [1.54, 1.807) is 0 Å². The maximum atomic E-state index is 5.95. The number of aliphatic imine (C=N–C) groups is 1. The fraction of sp³-hybridized carbons (Fsp3) is 0.900. The van der Waals surface area contributed by atoms with Crippen LogP contribution in [0.5, 0.6) is 0 Å². The Labute approximate surface area is 90.1 Å². The average Bonchev–Trinajstić information content (AvgIpc) is 2.58. The van der Waals surface area contributed by atoms with Gasteiger partial charge in [-0.3, -0.25) is 4.99 Å². The van der Waals surface area contributed by atoms with Gasteiger partial charge in [0.25, 0.3) is 0 Å². The molecular formula is C10H19N3S. The summed E-state index contributed by atoms with van der Waals surface area (Å²) in [6.45, 7) is 7.59. The number of hydrogen-bond acceptors (Lipinski definition) is 4. The van der Waals surface area contributed by atoms with E-state index in [2.05, 4.69) is 30.7 Å². The van der Waals surface area contributed by atoms with Crippen LogP contribution in [0.25, 0.3) is 0 Å². The van der Waals surface area contributed by atoms with E-state index in [0.29, 0.717) is 6.04 Å². The van der Waals surface area contributed by atoms with Gasteiger partial charge in [0.2, 0.25) is 0 Å². The Bertz CT molecular complexity index is 264. The highest BCUT2D eigenvalue weighted by Crippen LogP contribution is 2.41. The highest BCUT2D eigenvalue weighted by atomic mass is 32.2. The molecule has 2 rings (SSSR count). The fourth-order valence-electron chi connectivity index (χ4n) is 2.66. The molecular weight excluding hydrogens is 194 g/mol. The summed E-state index contributed by atoms with van der Waals surface area (Å²) in [5, 5.41) is 0.748. The van der Waals surface area contributed by atoms with Crippen LogP contribution in [0.15, 0.2) is 4.99 Å². The quantitative estimate of drug-likeness (QED) is 0.713. The van der Waals surface area contributed by atoms with E-state index >= 15 is 0 Å². The summed E-state index contributed by atoms with van der Waals surface area (Å²) in [6.07, 6.45) is 1.22. The van der Waals surface area contributed by atoms with Crippen molar-refractivity contribution in [1.29, 1.82) is 0 Å². The van der Waals surface area contributed by atoms with Crippen LogP contribution >= 0.6 is 11.8 Å². The minimum Gasteiger partial charge on any atom is -0.370 e. The Morgan fingerprint density at radius 2 is 2.36 bits per heavy atom. The van der Waals surface area contributed by atoms with E-state index in [0.717, 1.165) is 17.8 Å². The van der Waals surface area contributed by atoms with Crippen molar-refractivity contribution >= 4 is 17.7 Å². The first-order valence-corrected chi connectivity index (χ1v) is 6.31. The molecule has 2 unspecified atom stereocenters. The fourth-order valence-corrected chi connectivity index (χ4v) is 4.04. The van der Waals surface area contributed by atoms with Crippen molar-refractivity contribution in [2.24, 2.45) is 10.7 Å². The summed E-state index contributed by atoms with van der Waals surface area (Å²) < 4.78 is 0. The molecule has 2 heterocycles. The highest BCUT2D eigenvalue weighted by molar-refractivity contribution is 8.00. The second-order valence-electron chi connectivity index (χ2n) is 4.69. The Morgan fingerprint density at radius 3 is 2.86 bits per heavy atom. The smallest absolute Gasteiger partial charge is 0.192 e. The van der Waals surface area contributed by atoms with Gasteiger partial charge in [-0.1, -0.05) is 6.92 Å². The van der Waals surface area contributed by atoms with Crippen LogP contribution in [0.4, 0.5) is 0 Å². The molecule has 0 aromatic heterocycles. The molecule has 0 radical (unpaired) electrons. The van der Waals surface area contributed by atoms with Gasteiger partial charge in [0.05, 0.1) is 12.1 Å². The molecule has 0 saturated carbocycles. The topological polar surface area (TPSA) is 41.6 Å². The monoisotopic (exact) mass is 213 g/mol. The van der Waals surface area contributed by atoms with Gasteiger partial charge in [0, 0.05) is 17.0 Å². The summed E-state index contributed by atoms with van der Waals surface area (Å²) in [4.78, 5) is 6.74. The van der Waals surface area contributed by atoms with Crippen molar-refractivity contribution in [3.05, 3.63) is 0 Å². The second kappa shape index (κ2) is 3.33. The zero-order chi connectivity index (χ0) is 10.3. The van der Waals surface area contributed by atoms with Gasteiger partial charge < -0.3 is 10.6 Å². The molecule has 2 aliphatic heterocycles. The van der Waals surface area contributed by atoms with Gasteiger partial charge in [0.1, 0.15) is 0 Å². The molecule has 0 amide bonds. The van der Waals surface area contributed by atoms with E-state index in [-0.39, 0.29) is 5.54 Å². The molecule has 1 saturated heterocycles. The van der Waals surface area contributed by atoms with E-state index in [9.17, 15) is 0 Å². The summed E-state index contributed by atoms with van der Waals surface area (Å²) >= 11 is 2.05.